The molecule has 3 atom stereocenters. The predicted octanol–water partition coefficient (Wildman–Crippen LogP) is 2.21. The van der Waals surface area contributed by atoms with Crippen LogP contribution in [0, 0.1) is 5.41 Å². The molecule has 1 aromatic rings. The fourth-order valence-corrected chi connectivity index (χ4v) is 3.19. The van der Waals surface area contributed by atoms with Gasteiger partial charge in [0.15, 0.2) is 11.2 Å². The summed E-state index contributed by atoms with van der Waals surface area (Å²) >= 11 is 0. The lowest BCUT2D eigenvalue weighted by Crippen LogP contribution is -2.55. The van der Waals surface area contributed by atoms with E-state index in [2.05, 4.69) is 11.9 Å². The van der Waals surface area contributed by atoms with Gasteiger partial charge in [-0.2, -0.15) is 0 Å². The summed E-state index contributed by atoms with van der Waals surface area (Å²) in [7, 11) is 1.25. The molecule has 0 saturated carbocycles. The molecule has 0 amide bonds. The third-order valence-corrected chi connectivity index (χ3v) is 4.97. The van der Waals surface area contributed by atoms with Crippen LogP contribution in [0.4, 0.5) is 5.69 Å². The molecule has 1 saturated heterocycles. The Labute approximate surface area is 158 Å². The smallest absolute Gasteiger partial charge is 0.322 e. The molecular formula is C20H25NO6. The molecule has 0 aromatic heterocycles. The van der Waals surface area contributed by atoms with Gasteiger partial charge in [-0.15, -0.1) is 0 Å². The summed E-state index contributed by atoms with van der Waals surface area (Å²) < 4.78 is 10.8. The maximum absolute atomic E-state index is 12.7. The van der Waals surface area contributed by atoms with Crippen LogP contribution in [0.2, 0.25) is 0 Å². The summed E-state index contributed by atoms with van der Waals surface area (Å²) in [5.74, 6) is -1.90. The molecule has 1 fully saturated rings. The van der Waals surface area contributed by atoms with Crippen LogP contribution in [-0.2, 0) is 30.3 Å². The lowest BCUT2D eigenvalue weighted by atomic mass is 9.72. The number of ether oxygens (including phenoxy) is 2. The van der Waals surface area contributed by atoms with Gasteiger partial charge >= 0.3 is 11.9 Å². The van der Waals surface area contributed by atoms with Crippen LogP contribution in [0.3, 0.4) is 0 Å². The van der Waals surface area contributed by atoms with Gasteiger partial charge in [-0.25, -0.2) is 0 Å². The number of carboxylic acid groups (broad SMARTS) is 1. The average Bonchev–Trinajstić information content (AvgIpc) is 2.66. The van der Waals surface area contributed by atoms with Crippen LogP contribution in [0.15, 0.2) is 36.4 Å². The van der Waals surface area contributed by atoms with Crippen LogP contribution in [0.5, 0.6) is 0 Å². The Bertz CT molecular complexity index is 741. The van der Waals surface area contributed by atoms with Crippen LogP contribution in [-0.4, -0.2) is 48.7 Å². The van der Waals surface area contributed by atoms with E-state index in [1.807, 2.05) is 12.1 Å². The van der Waals surface area contributed by atoms with Crippen molar-refractivity contribution in [3.8, 4) is 0 Å². The Morgan fingerprint density at radius 2 is 1.96 bits per heavy atom. The minimum Gasteiger partial charge on any atom is -0.480 e. The van der Waals surface area contributed by atoms with E-state index in [4.69, 9.17) is 14.6 Å². The summed E-state index contributed by atoms with van der Waals surface area (Å²) in [6.07, 6.45) is -0.0367. The summed E-state index contributed by atoms with van der Waals surface area (Å²) in [6.45, 7) is 6.88. The molecule has 146 valence electrons. The molecule has 7 heteroatoms. The third-order valence-electron chi connectivity index (χ3n) is 4.97. The van der Waals surface area contributed by atoms with E-state index < -0.39 is 29.6 Å². The molecule has 2 rings (SSSR count). The van der Waals surface area contributed by atoms with E-state index >= 15 is 0 Å². The number of aliphatic carboxylic acids is 1. The fourth-order valence-electron chi connectivity index (χ4n) is 3.19. The Morgan fingerprint density at radius 3 is 2.52 bits per heavy atom. The summed E-state index contributed by atoms with van der Waals surface area (Å²) in [5.41, 5.74) is 0.542. The first kappa shape index (κ1) is 20.6. The van der Waals surface area contributed by atoms with Gasteiger partial charge in [0.2, 0.25) is 0 Å². The number of anilines is 1. The maximum Gasteiger partial charge on any atom is 0.322 e. The number of rotatable bonds is 7. The second-order valence-electron chi connectivity index (χ2n) is 6.80. The van der Waals surface area contributed by atoms with Crippen molar-refractivity contribution in [3.63, 3.8) is 0 Å². The first-order valence-corrected chi connectivity index (χ1v) is 8.72. The zero-order valence-corrected chi connectivity index (χ0v) is 15.8. The molecule has 0 radical (unpaired) electrons. The first-order valence-electron chi connectivity index (χ1n) is 8.72. The number of esters is 1. The van der Waals surface area contributed by atoms with E-state index in [9.17, 15) is 14.4 Å². The van der Waals surface area contributed by atoms with Crippen LogP contribution in [0.1, 0.15) is 25.8 Å². The molecule has 1 aliphatic heterocycles. The standard InChI is InChI=1S/C20H25NO6/c1-12-13(2)27-16(20(3,18(12)24)19(25)26-4)10-7-14-5-8-15(9-6-14)21-11-17(22)23/h5-6,8-9,13,16,21H,1,7,10-11H2,2-4H3,(H,22,23)/t13-,16+,20+/m0/s1. The topological polar surface area (TPSA) is 102 Å². The predicted molar refractivity (Wildman–Crippen MR) is 99.5 cm³/mol. The van der Waals surface area contributed by atoms with Crippen molar-refractivity contribution in [2.75, 3.05) is 19.0 Å². The molecule has 0 spiro atoms. The van der Waals surface area contributed by atoms with Gasteiger partial charge in [0, 0.05) is 11.3 Å². The van der Waals surface area contributed by atoms with Crippen molar-refractivity contribution in [1.82, 2.24) is 0 Å². The number of ketones is 1. The van der Waals surface area contributed by atoms with Crippen molar-refractivity contribution in [1.29, 1.82) is 0 Å². The number of benzene rings is 1. The first-order chi connectivity index (χ1) is 12.7. The molecule has 0 unspecified atom stereocenters. The highest BCUT2D eigenvalue weighted by Crippen LogP contribution is 2.39. The highest BCUT2D eigenvalue weighted by molar-refractivity contribution is 6.13. The van der Waals surface area contributed by atoms with Gasteiger partial charge in [-0.1, -0.05) is 18.7 Å². The number of carbonyl (C=O) groups excluding carboxylic acids is 2. The number of methoxy groups -OCH3 is 1. The largest absolute Gasteiger partial charge is 0.480 e. The molecule has 0 bridgehead atoms. The monoisotopic (exact) mass is 375 g/mol. The molecule has 0 aliphatic carbocycles. The van der Waals surface area contributed by atoms with E-state index in [1.54, 1.807) is 26.0 Å². The second kappa shape index (κ2) is 8.35. The third kappa shape index (κ3) is 4.36. The molecule has 2 N–H and O–H groups in total. The Balaban J connectivity index is 2.10. The molecule has 1 heterocycles. The van der Waals surface area contributed by atoms with Gasteiger partial charge in [-0.05, 0) is 44.4 Å². The van der Waals surface area contributed by atoms with E-state index in [0.717, 1.165) is 5.56 Å². The van der Waals surface area contributed by atoms with Gasteiger partial charge in [0.1, 0.15) is 6.54 Å². The van der Waals surface area contributed by atoms with E-state index in [-0.39, 0.29) is 17.9 Å². The number of Topliss-reactive ketones (excluding diaryl/α,β-unsaturated/α-hetero) is 1. The molecule has 7 nitrogen and oxygen atoms in total. The number of aryl methyl sites for hydroxylation is 1. The van der Waals surface area contributed by atoms with Crippen molar-refractivity contribution in [2.45, 2.75) is 38.9 Å². The lowest BCUT2D eigenvalue weighted by molar-refractivity contribution is -0.175. The Hall–Kier alpha value is -2.67. The van der Waals surface area contributed by atoms with Crippen LogP contribution >= 0.6 is 0 Å². The highest BCUT2D eigenvalue weighted by atomic mass is 16.5. The minimum absolute atomic E-state index is 0.156. The average molecular weight is 375 g/mol. The van der Waals surface area contributed by atoms with Crippen molar-refractivity contribution in [2.24, 2.45) is 5.41 Å². The minimum atomic E-state index is -1.42. The Morgan fingerprint density at radius 1 is 1.33 bits per heavy atom. The summed E-state index contributed by atoms with van der Waals surface area (Å²) in [4.78, 5) is 35.6. The van der Waals surface area contributed by atoms with Crippen LogP contribution < -0.4 is 5.32 Å². The summed E-state index contributed by atoms with van der Waals surface area (Å²) in [5, 5.41) is 11.5. The Kier molecular flexibility index (Phi) is 6.38. The van der Waals surface area contributed by atoms with Gasteiger partial charge in [0.25, 0.3) is 0 Å². The van der Waals surface area contributed by atoms with Crippen LogP contribution in [0.25, 0.3) is 0 Å². The lowest BCUT2D eigenvalue weighted by Gasteiger charge is -2.41. The van der Waals surface area contributed by atoms with Crippen molar-refractivity contribution < 1.29 is 29.0 Å². The van der Waals surface area contributed by atoms with Gasteiger partial charge in [-0.3, -0.25) is 14.4 Å². The molecular weight excluding hydrogens is 350 g/mol. The number of carboxylic acids is 1. The molecule has 27 heavy (non-hydrogen) atoms. The SMILES string of the molecule is C=C1C(=O)[C@](C)(C(=O)OC)[C@@H](CCc2ccc(NCC(=O)O)cc2)O[C@H]1C. The normalized spacial score (nSPS) is 25.1. The zero-order valence-electron chi connectivity index (χ0n) is 15.8. The number of hydrogen-bond donors (Lipinski definition) is 2. The van der Waals surface area contributed by atoms with Gasteiger partial charge in [0.05, 0.1) is 19.3 Å². The molecule has 1 aliphatic rings. The number of carbonyl (C=O) groups is 3. The fraction of sp³-hybridized carbons (Fsp3) is 0.450. The number of nitrogens with one attached hydrogen (secondary N) is 1. The van der Waals surface area contributed by atoms with E-state index in [1.165, 1.54) is 7.11 Å². The highest BCUT2D eigenvalue weighted by Gasteiger charge is 2.54. The van der Waals surface area contributed by atoms with E-state index in [0.29, 0.717) is 18.5 Å². The zero-order chi connectivity index (χ0) is 20.2. The van der Waals surface area contributed by atoms with Crippen molar-refractivity contribution in [3.05, 3.63) is 42.0 Å². The second-order valence-corrected chi connectivity index (χ2v) is 6.80. The van der Waals surface area contributed by atoms with Crippen molar-refractivity contribution >= 4 is 23.4 Å². The number of hydrogen-bond acceptors (Lipinski definition) is 6. The van der Waals surface area contributed by atoms with Gasteiger partial charge < -0.3 is 19.9 Å². The quantitative estimate of drug-likeness (QED) is 0.428. The summed E-state index contributed by atoms with van der Waals surface area (Å²) in [6, 6.07) is 7.31. The molecule has 1 aromatic carbocycles. The maximum atomic E-state index is 12.7.